The van der Waals surface area contributed by atoms with Crippen LogP contribution in [0.15, 0.2) is 48.5 Å². The van der Waals surface area contributed by atoms with Crippen LogP contribution in [0.25, 0.3) is 0 Å². The number of hydrogen-bond donors (Lipinski definition) is 2. The first-order chi connectivity index (χ1) is 11.8. The van der Waals surface area contributed by atoms with Crippen LogP contribution >= 0.6 is 12.2 Å². The van der Waals surface area contributed by atoms with Crippen molar-refractivity contribution < 1.29 is 17.9 Å². The highest BCUT2D eigenvalue weighted by atomic mass is 32.1. The third-order valence-corrected chi connectivity index (χ3v) is 3.90. The van der Waals surface area contributed by atoms with Crippen molar-refractivity contribution in [2.75, 3.05) is 12.4 Å². The summed E-state index contributed by atoms with van der Waals surface area (Å²) in [7, 11) is 1.60. The highest BCUT2D eigenvalue weighted by Crippen LogP contribution is 2.30. The van der Waals surface area contributed by atoms with Crippen molar-refractivity contribution in [1.82, 2.24) is 5.32 Å². The molecule has 0 aliphatic rings. The molecule has 7 heteroatoms. The minimum absolute atomic E-state index is 0.0586. The molecule has 134 valence electrons. The summed E-state index contributed by atoms with van der Waals surface area (Å²) in [5, 5.41) is 6.20. The van der Waals surface area contributed by atoms with E-state index >= 15 is 0 Å². The molecule has 0 spiro atoms. The van der Waals surface area contributed by atoms with Gasteiger partial charge in [0.05, 0.1) is 18.7 Å². The Bertz CT molecular complexity index is 717. The van der Waals surface area contributed by atoms with Gasteiger partial charge in [0.1, 0.15) is 5.75 Å². The summed E-state index contributed by atoms with van der Waals surface area (Å²) in [5.74, 6) is 0.753. The number of anilines is 1. The molecule has 0 amide bonds. The van der Waals surface area contributed by atoms with Gasteiger partial charge in [-0.05, 0) is 54.5 Å². The molecule has 0 fully saturated rings. The number of methoxy groups -OCH3 is 1. The second-order valence-corrected chi connectivity index (χ2v) is 5.82. The van der Waals surface area contributed by atoms with E-state index < -0.39 is 11.7 Å². The molecule has 2 rings (SSSR count). The fourth-order valence-electron chi connectivity index (χ4n) is 2.36. The smallest absolute Gasteiger partial charge is 0.416 e. The van der Waals surface area contributed by atoms with Gasteiger partial charge in [-0.15, -0.1) is 0 Å². The van der Waals surface area contributed by atoms with Gasteiger partial charge in [0.15, 0.2) is 5.11 Å². The van der Waals surface area contributed by atoms with Crippen molar-refractivity contribution in [3.63, 3.8) is 0 Å². The van der Waals surface area contributed by atoms with Crippen LogP contribution in [0, 0.1) is 0 Å². The van der Waals surface area contributed by atoms with Crippen LogP contribution in [0.3, 0.4) is 0 Å². The van der Waals surface area contributed by atoms with E-state index in [9.17, 15) is 13.2 Å². The quantitative estimate of drug-likeness (QED) is 0.715. The molecule has 0 aliphatic heterocycles. The first-order valence-corrected chi connectivity index (χ1v) is 8.13. The Morgan fingerprint density at radius 3 is 2.40 bits per heavy atom. The van der Waals surface area contributed by atoms with Crippen molar-refractivity contribution in [1.29, 1.82) is 0 Å². The maximum Gasteiger partial charge on any atom is 0.416 e. The summed E-state index contributed by atoms with van der Waals surface area (Å²) < 4.78 is 43.4. The number of alkyl halides is 3. The molecular formula is C18H19F3N2OS. The predicted octanol–water partition coefficient (Wildman–Crippen LogP) is 5.15. The fraction of sp³-hybridized carbons (Fsp3) is 0.278. The van der Waals surface area contributed by atoms with Crippen molar-refractivity contribution >= 4 is 23.0 Å². The molecule has 25 heavy (non-hydrogen) atoms. The van der Waals surface area contributed by atoms with Gasteiger partial charge in [0.2, 0.25) is 0 Å². The van der Waals surface area contributed by atoms with Crippen molar-refractivity contribution in [2.24, 2.45) is 0 Å². The lowest BCUT2D eigenvalue weighted by Crippen LogP contribution is -2.32. The molecule has 0 heterocycles. The van der Waals surface area contributed by atoms with Gasteiger partial charge in [-0.25, -0.2) is 0 Å². The van der Waals surface area contributed by atoms with Gasteiger partial charge >= 0.3 is 6.18 Å². The Labute approximate surface area is 150 Å². The summed E-state index contributed by atoms with van der Waals surface area (Å²) in [5.41, 5.74) is 0.580. The van der Waals surface area contributed by atoms with Crippen LogP contribution in [-0.4, -0.2) is 12.2 Å². The van der Waals surface area contributed by atoms with E-state index in [-0.39, 0.29) is 16.8 Å². The largest absolute Gasteiger partial charge is 0.497 e. The van der Waals surface area contributed by atoms with Crippen LogP contribution in [0.4, 0.5) is 18.9 Å². The molecule has 3 nitrogen and oxygen atoms in total. The summed E-state index contributed by atoms with van der Waals surface area (Å²) in [4.78, 5) is 0. The van der Waals surface area contributed by atoms with Crippen molar-refractivity contribution in [3.8, 4) is 5.75 Å². The maximum atomic E-state index is 12.8. The van der Waals surface area contributed by atoms with E-state index in [0.29, 0.717) is 0 Å². The molecule has 2 aromatic rings. The molecule has 0 aliphatic carbocycles. The molecule has 0 aromatic heterocycles. The average molecular weight is 368 g/mol. The fourth-order valence-corrected chi connectivity index (χ4v) is 2.62. The monoisotopic (exact) mass is 368 g/mol. The highest BCUT2D eigenvalue weighted by Gasteiger charge is 2.30. The second kappa shape index (κ2) is 8.20. The average Bonchev–Trinajstić information content (AvgIpc) is 2.59. The minimum atomic E-state index is -4.39. The molecule has 2 N–H and O–H groups in total. The minimum Gasteiger partial charge on any atom is -0.497 e. The number of thiocarbonyl (C=S) groups is 1. The lowest BCUT2D eigenvalue weighted by atomic mass is 10.0. The Hall–Kier alpha value is -2.28. The normalized spacial score (nSPS) is 12.4. The summed E-state index contributed by atoms with van der Waals surface area (Å²) in [6.07, 6.45) is -3.63. The van der Waals surface area contributed by atoms with Gasteiger partial charge in [0, 0.05) is 5.69 Å². The Morgan fingerprint density at radius 2 is 1.84 bits per heavy atom. The van der Waals surface area contributed by atoms with E-state index in [4.69, 9.17) is 17.0 Å². The molecule has 2 aromatic carbocycles. The van der Waals surface area contributed by atoms with E-state index in [1.54, 1.807) is 7.11 Å². The van der Waals surface area contributed by atoms with Gasteiger partial charge in [-0.3, -0.25) is 0 Å². The maximum absolute atomic E-state index is 12.8. The van der Waals surface area contributed by atoms with Gasteiger partial charge in [0.25, 0.3) is 0 Å². The third kappa shape index (κ3) is 5.35. The van der Waals surface area contributed by atoms with E-state index in [0.717, 1.165) is 29.9 Å². The van der Waals surface area contributed by atoms with Gasteiger partial charge in [-0.1, -0.05) is 25.1 Å². The Balaban J connectivity index is 2.05. The number of benzene rings is 2. The molecule has 1 atom stereocenters. The number of rotatable bonds is 5. The summed E-state index contributed by atoms with van der Waals surface area (Å²) in [6, 6.07) is 12.4. The zero-order valence-electron chi connectivity index (χ0n) is 13.9. The molecule has 0 bridgehead atoms. The molecule has 0 saturated carbocycles. The lowest BCUT2D eigenvalue weighted by molar-refractivity contribution is -0.137. The first kappa shape index (κ1) is 19.1. The molecular weight excluding hydrogens is 349 g/mol. The van der Waals surface area contributed by atoms with Gasteiger partial charge in [-0.2, -0.15) is 13.2 Å². The van der Waals surface area contributed by atoms with Crippen LogP contribution in [-0.2, 0) is 6.18 Å². The number of halogens is 3. The summed E-state index contributed by atoms with van der Waals surface area (Å²) >= 11 is 5.24. The Morgan fingerprint density at radius 1 is 1.16 bits per heavy atom. The molecule has 0 saturated heterocycles. The second-order valence-electron chi connectivity index (χ2n) is 5.41. The highest BCUT2D eigenvalue weighted by molar-refractivity contribution is 7.80. The first-order valence-electron chi connectivity index (χ1n) is 7.72. The number of hydrogen-bond acceptors (Lipinski definition) is 2. The summed E-state index contributed by atoms with van der Waals surface area (Å²) in [6.45, 7) is 1.99. The predicted molar refractivity (Wildman–Crippen MR) is 96.8 cm³/mol. The van der Waals surface area contributed by atoms with E-state index in [2.05, 4.69) is 10.6 Å². The van der Waals surface area contributed by atoms with Gasteiger partial charge < -0.3 is 15.4 Å². The van der Waals surface area contributed by atoms with Crippen LogP contribution in [0.2, 0.25) is 0 Å². The van der Waals surface area contributed by atoms with Crippen LogP contribution in [0.1, 0.15) is 30.5 Å². The Kier molecular flexibility index (Phi) is 6.25. The zero-order chi connectivity index (χ0) is 18.4. The number of nitrogens with one attached hydrogen (secondary N) is 2. The van der Waals surface area contributed by atoms with Crippen molar-refractivity contribution in [3.05, 3.63) is 59.7 Å². The zero-order valence-corrected chi connectivity index (χ0v) is 14.7. The van der Waals surface area contributed by atoms with Crippen LogP contribution in [0.5, 0.6) is 5.75 Å². The standard InChI is InChI=1S/C18H19F3N2OS/c1-3-16(12-7-9-15(24-2)10-8-12)23-17(25)22-14-6-4-5-13(11-14)18(19,20)21/h4-11,16H,3H2,1-2H3,(H2,22,23,25). The third-order valence-electron chi connectivity index (χ3n) is 3.68. The molecule has 0 radical (unpaired) electrons. The van der Waals surface area contributed by atoms with E-state index in [1.807, 2.05) is 31.2 Å². The SMILES string of the molecule is CCC(NC(=S)Nc1cccc(C(F)(F)F)c1)c1ccc(OC)cc1. The van der Waals surface area contributed by atoms with Crippen LogP contribution < -0.4 is 15.4 Å². The van der Waals surface area contributed by atoms with Crippen molar-refractivity contribution in [2.45, 2.75) is 25.6 Å². The number of ether oxygens (including phenoxy) is 1. The lowest BCUT2D eigenvalue weighted by Gasteiger charge is -2.20. The molecule has 1 unspecified atom stereocenters. The van der Waals surface area contributed by atoms with E-state index in [1.165, 1.54) is 12.1 Å². The topological polar surface area (TPSA) is 33.3 Å².